The van der Waals surface area contributed by atoms with Crippen LogP contribution < -0.4 is 5.32 Å². The topological polar surface area (TPSA) is 29.1 Å². The van der Waals surface area contributed by atoms with Crippen molar-refractivity contribution in [3.63, 3.8) is 0 Å². The molecule has 20 heavy (non-hydrogen) atoms. The number of carbonyl (C=O) groups excluding carboxylic acids is 1. The van der Waals surface area contributed by atoms with Crippen molar-refractivity contribution in [3.8, 4) is 0 Å². The maximum absolute atomic E-state index is 12.2. The van der Waals surface area contributed by atoms with E-state index < -0.39 is 0 Å². The third-order valence-electron chi connectivity index (χ3n) is 3.31. The number of hydrogen-bond donors (Lipinski definition) is 1. The van der Waals surface area contributed by atoms with E-state index in [1.807, 2.05) is 43.3 Å². The van der Waals surface area contributed by atoms with Gasteiger partial charge in [-0.1, -0.05) is 48.9 Å². The van der Waals surface area contributed by atoms with Crippen molar-refractivity contribution in [2.45, 2.75) is 19.8 Å². The molecule has 0 saturated carbocycles. The summed E-state index contributed by atoms with van der Waals surface area (Å²) >= 11 is 2.21. The van der Waals surface area contributed by atoms with Crippen LogP contribution >= 0.6 is 22.6 Å². The molecule has 1 amide bonds. The second-order valence-electron chi connectivity index (χ2n) is 5.01. The molecule has 0 aromatic heterocycles. The van der Waals surface area contributed by atoms with Crippen molar-refractivity contribution in [2.24, 2.45) is 0 Å². The Bertz CT molecular complexity index is 595. The number of halogens is 1. The lowest BCUT2D eigenvalue weighted by Gasteiger charge is -2.13. The summed E-state index contributed by atoms with van der Waals surface area (Å²) in [6, 6.07) is 16.1. The lowest BCUT2D eigenvalue weighted by Crippen LogP contribution is -2.28. The van der Waals surface area contributed by atoms with Crippen LogP contribution in [-0.2, 0) is 0 Å². The van der Waals surface area contributed by atoms with Crippen LogP contribution in [0.1, 0.15) is 34.3 Å². The van der Waals surface area contributed by atoms with Gasteiger partial charge in [-0.2, -0.15) is 0 Å². The highest BCUT2D eigenvalue weighted by atomic mass is 127. The second-order valence-corrected chi connectivity index (χ2v) is 6.17. The van der Waals surface area contributed by atoms with Crippen molar-refractivity contribution in [3.05, 3.63) is 68.8 Å². The summed E-state index contributed by atoms with van der Waals surface area (Å²) in [5, 5.41) is 3.01. The van der Waals surface area contributed by atoms with Crippen molar-refractivity contribution < 1.29 is 4.79 Å². The molecule has 0 saturated heterocycles. The van der Waals surface area contributed by atoms with Crippen LogP contribution in [0.3, 0.4) is 0 Å². The Balaban J connectivity index is 1.99. The van der Waals surface area contributed by atoms with E-state index in [0.29, 0.717) is 12.5 Å². The van der Waals surface area contributed by atoms with Gasteiger partial charge in [0.05, 0.1) is 5.56 Å². The van der Waals surface area contributed by atoms with E-state index in [1.165, 1.54) is 11.1 Å². The predicted octanol–water partition coefficient (Wildman–Crippen LogP) is 4.13. The SMILES string of the molecule is Cc1ccc(C(=O)NCC(C)c2ccccc2)c(I)c1. The number of aryl methyl sites for hydroxylation is 1. The Morgan fingerprint density at radius 1 is 1.20 bits per heavy atom. The summed E-state index contributed by atoms with van der Waals surface area (Å²) in [5.74, 6) is 0.306. The molecular formula is C17H18INO. The average Bonchev–Trinajstić information content (AvgIpc) is 2.45. The third kappa shape index (κ3) is 3.82. The molecule has 3 heteroatoms. The fraction of sp³-hybridized carbons (Fsp3) is 0.235. The zero-order chi connectivity index (χ0) is 14.5. The van der Waals surface area contributed by atoms with Gasteiger partial charge in [-0.25, -0.2) is 0 Å². The summed E-state index contributed by atoms with van der Waals surface area (Å²) in [7, 11) is 0. The first-order valence-corrected chi connectivity index (χ1v) is 7.75. The summed E-state index contributed by atoms with van der Waals surface area (Å²) in [6.07, 6.45) is 0. The molecule has 0 bridgehead atoms. The van der Waals surface area contributed by atoms with Crippen molar-refractivity contribution >= 4 is 28.5 Å². The van der Waals surface area contributed by atoms with Crippen LogP contribution in [0.25, 0.3) is 0 Å². The minimum Gasteiger partial charge on any atom is -0.351 e. The quantitative estimate of drug-likeness (QED) is 0.796. The minimum absolute atomic E-state index is 0.00261. The average molecular weight is 379 g/mol. The molecule has 2 aromatic carbocycles. The van der Waals surface area contributed by atoms with Gasteiger partial charge < -0.3 is 5.32 Å². The zero-order valence-corrected chi connectivity index (χ0v) is 13.8. The van der Waals surface area contributed by atoms with Gasteiger partial charge in [-0.15, -0.1) is 0 Å². The van der Waals surface area contributed by atoms with Crippen LogP contribution in [0.15, 0.2) is 48.5 Å². The normalized spacial score (nSPS) is 11.9. The Hall–Kier alpha value is -1.36. The predicted molar refractivity (Wildman–Crippen MR) is 91.1 cm³/mol. The molecule has 0 heterocycles. The van der Waals surface area contributed by atoms with Crippen LogP contribution in [0.4, 0.5) is 0 Å². The van der Waals surface area contributed by atoms with Gasteiger partial charge in [0, 0.05) is 10.1 Å². The zero-order valence-electron chi connectivity index (χ0n) is 11.7. The minimum atomic E-state index is -0.00261. The molecule has 0 aliphatic carbocycles. The van der Waals surface area contributed by atoms with E-state index in [9.17, 15) is 4.79 Å². The van der Waals surface area contributed by atoms with E-state index in [1.54, 1.807) is 0 Å². The van der Waals surface area contributed by atoms with E-state index in [-0.39, 0.29) is 5.91 Å². The largest absolute Gasteiger partial charge is 0.351 e. The van der Waals surface area contributed by atoms with Gasteiger partial charge >= 0.3 is 0 Å². The molecule has 1 N–H and O–H groups in total. The van der Waals surface area contributed by atoms with Crippen LogP contribution in [-0.4, -0.2) is 12.5 Å². The summed E-state index contributed by atoms with van der Waals surface area (Å²) in [6.45, 7) is 4.80. The molecule has 0 spiro atoms. The third-order valence-corrected chi connectivity index (χ3v) is 4.20. The molecule has 0 aliphatic rings. The van der Waals surface area contributed by atoms with Crippen molar-refractivity contribution in [1.82, 2.24) is 5.32 Å². The van der Waals surface area contributed by atoms with E-state index >= 15 is 0 Å². The lowest BCUT2D eigenvalue weighted by atomic mass is 10.0. The Kier molecular flexibility index (Phi) is 5.17. The molecule has 1 atom stereocenters. The Morgan fingerprint density at radius 2 is 1.90 bits per heavy atom. The van der Waals surface area contributed by atoms with Crippen molar-refractivity contribution in [1.29, 1.82) is 0 Å². The summed E-state index contributed by atoms with van der Waals surface area (Å²) in [5.41, 5.74) is 3.16. The monoisotopic (exact) mass is 379 g/mol. The molecule has 1 unspecified atom stereocenters. The van der Waals surface area contributed by atoms with Gasteiger partial charge in [0.25, 0.3) is 5.91 Å². The molecule has 0 fully saturated rings. The van der Waals surface area contributed by atoms with Gasteiger partial charge in [-0.3, -0.25) is 4.79 Å². The highest BCUT2D eigenvalue weighted by Gasteiger charge is 2.11. The smallest absolute Gasteiger partial charge is 0.252 e. The van der Waals surface area contributed by atoms with Crippen molar-refractivity contribution in [2.75, 3.05) is 6.54 Å². The maximum Gasteiger partial charge on any atom is 0.252 e. The van der Waals surface area contributed by atoms with Gasteiger partial charge in [0.15, 0.2) is 0 Å². The molecule has 2 aromatic rings. The van der Waals surface area contributed by atoms with Gasteiger partial charge in [0.2, 0.25) is 0 Å². The molecule has 0 aliphatic heterocycles. The fourth-order valence-electron chi connectivity index (χ4n) is 2.04. The highest BCUT2D eigenvalue weighted by molar-refractivity contribution is 14.1. The number of carbonyl (C=O) groups is 1. The molecule has 2 nitrogen and oxygen atoms in total. The summed E-state index contributed by atoms with van der Waals surface area (Å²) in [4.78, 5) is 12.2. The van der Waals surface area contributed by atoms with E-state index in [4.69, 9.17) is 0 Å². The molecular weight excluding hydrogens is 361 g/mol. The summed E-state index contributed by atoms with van der Waals surface area (Å²) < 4.78 is 0.993. The highest BCUT2D eigenvalue weighted by Crippen LogP contribution is 2.16. The number of benzene rings is 2. The van der Waals surface area contributed by atoms with Gasteiger partial charge in [-0.05, 0) is 53.1 Å². The number of hydrogen-bond acceptors (Lipinski definition) is 1. The van der Waals surface area contributed by atoms with Crippen LogP contribution in [0.2, 0.25) is 0 Å². The molecule has 104 valence electrons. The maximum atomic E-state index is 12.2. The Morgan fingerprint density at radius 3 is 2.55 bits per heavy atom. The number of nitrogens with one attached hydrogen (secondary N) is 1. The number of amides is 1. The lowest BCUT2D eigenvalue weighted by molar-refractivity contribution is 0.0951. The van der Waals surface area contributed by atoms with Gasteiger partial charge in [0.1, 0.15) is 0 Å². The first-order valence-electron chi connectivity index (χ1n) is 6.67. The molecule has 2 rings (SSSR count). The second kappa shape index (κ2) is 6.88. The first kappa shape index (κ1) is 15.0. The number of rotatable bonds is 4. The van der Waals surface area contributed by atoms with Crippen LogP contribution in [0, 0.1) is 10.5 Å². The first-order chi connectivity index (χ1) is 9.58. The standard InChI is InChI=1S/C17H18INO/c1-12-8-9-15(16(18)10-12)17(20)19-11-13(2)14-6-4-3-5-7-14/h3-10,13H,11H2,1-2H3,(H,19,20). The van der Waals surface area contributed by atoms with E-state index in [0.717, 1.165) is 9.13 Å². The van der Waals surface area contributed by atoms with E-state index in [2.05, 4.69) is 47.0 Å². The Labute approximate surface area is 133 Å². The van der Waals surface area contributed by atoms with Crippen LogP contribution in [0.5, 0.6) is 0 Å². The fourth-order valence-corrected chi connectivity index (χ4v) is 2.96. The molecule has 0 radical (unpaired) electrons.